The van der Waals surface area contributed by atoms with Gasteiger partial charge >= 0.3 is 0 Å². The summed E-state index contributed by atoms with van der Waals surface area (Å²) >= 11 is 0. The Hall–Kier alpha value is -0.790. The first-order valence-corrected chi connectivity index (χ1v) is 5.84. The van der Waals surface area contributed by atoms with Crippen LogP contribution in [0.15, 0.2) is 6.20 Å². The molecule has 0 spiro atoms. The highest BCUT2D eigenvalue weighted by Crippen LogP contribution is 2.24. The Balaban J connectivity index is 0.000000461. The van der Waals surface area contributed by atoms with Gasteiger partial charge in [-0.2, -0.15) is 5.10 Å². The zero-order valence-corrected chi connectivity index (χ0v) is 9.88. The Morgan fingerprint density at radius 1 is 1.50 bits per heavy atom. The van der Waals surface area contributed by atoms with E-state index in [4.69, 9.17) is 0 Å². The summed E-state index contributed by atoms with van der Waals surface area (Å²) in [5.41, 5.74) is 2.96. The molecule has 1 unspecified atom stereocenters. The van der Waals surface area contributed by atoms with Crippen molar-refractivity contribution in [2.45, 2.75) is 53.5 Å². The zero-order valence-electron chi connectivity index (χ0n) is 9.88. The first kappa shape index (κ1) is 11.3. The molecule has 2 rings (SSSR count). The lowest BCUT2D eigenvalue weighted by atomic mass is 9.89. The van der Waals surface area contributed by atoms with Gasteiger partial charge in [0.05, 0.1) is 6.20 Å². The molecule has 1 heterocycles. The molecule has 0 saturated heterocycles. The molecule has 14 heavy (non-hydrogen) atoms. The summed E-state index contributed by atoms with van der Waals surface area (Å²) in [6.07, 6.45) is 5.84. The number of rotatable bonds is 1. The molecule has 0 N–H and O–H groups in total. The third kappa shape index (κ3) is 2.17. The Labute approximate surface area is 87.3 Å². The number of nitrogens with zero attached hydrogens (tertiary/aromatic N) is 2. The predicted octanol–water partition coefficient (Wildman–Crippen LogP) is 3.05. The summed E-state index contributed by atoms with van der Waals surface area (Å²) in [5, 5.41) is 4.37. The van der Waals surface area contributed by atoms with Gasteiger partial charge in [0.25, 0.3) is 0 Å². The summed E-state index contributed by atoms with van der Waals surface area (Å²) in [5.74, 6) is 0.854. The Morgan fingerprint density at radius 3 is 2.86 bits per heavy atom. The van der Waals surface area contributed by atoms with Gasteiger partial charge in [0.2, 0.25) is 0 Å². The third-order valence-electron chi connectivity index (χ3n) is 2.78. The van der Waals surface area contributed by atoms with Crippen molar-refractivity contribution in [3.8, 4) is 0 Å². The summed E-state index contributed by atoms with van der Waals surface area (Å²) in [6.45, 7) is 9.50. The molecule has 0 saturated carbocycles. The number of aromatic nitrogens is 2. The van der Waals surface area contributed by atoms with E-state index in [1.807, 2.05) is 13.8 Å². The maximum absolute atomic E-state index is 4.37. The van der Waals surface area contributed by atoms with Gasteiger partial charge in [-0.15, -0.1) is 0 Å². The van der Waals surface area contributed by atoms with E-state index >= 15 is 0 Å². The molecule has 0 aliphatic heterocycles. The van der Waals surface area contributed by atoms with Gasteiger partial charge in [-0.05, 0) is 37.7 Å². The van der Waals surface area contributed by atoms with Crippen molar-refractivity contribution in [3.63, 3.8) is 0 Å². The number of fused-ring (bicyclic) bond motifs is 1. The molecule has 0 amide bonds. The topological polar surface area (TPSA) is 17.8 Å². The Kier molecular flexibility index (Phi) is 4.18. The van der Waals surface area contributed by atoms with Crippen LogP contribution in [0.1, 0.15) is 45.4 Å². The van der Waals surface area contributed by atoms with Gasteiger partial charge in [0, 0.05) is 12.2 Å². The minimum Gasteiger partial charge on any atom is -0.270 e. The predicted molar refractivity (Wildman–Crippen MR) is 60.4 cm³/mol. The highest BCUT2D eigenvalue weighted by Gasteiger charge is 2.18. The molecule has 1 aromatic heterocycles. The van der Waals surface area contributed by atoms with Crippen LogP contribution in [0, 0.1) is 5.92 Å². The van der Waals surface area contributed by atoms with Gasteiger partial charge in [-0.3, -0.25) is 4.68 Å². The molecule has 1 aliphatic carbocycles. The Bertz CT molecular complexity index is 276. The van der Waals surface area contributed by atoms with E-state index < -0.39 is 0 Å². The second-order valence-electron chi connectivity index (χ2n) is 3.78. The molecule has 0 radical (unpaired) electrons. The zero-order chi connectivity index (χ0) is 10.6. The summed E-state index contributed by atoms with van der Waals surface area (Å²) in [6, 6.07) is 0. The fraction of sp³-hybridized carbons (Fsp3) is 0.750. The second-order valence-corrected chi connectivity index (χ2v) is 3.78. The van der Waals surface area contributed by atoms with Gasteiger partial charge in [-0.25, -0.2) is 0 Å². The number of hydrogen-bond acceptors (Lipinski definition) is 1. The monoisotopic (exact) mass is 194 g/mol. The molecule has 1 aromatic rings. The van der Waals surface area contributed by atoms with Crippen LogP contribution in [0.2, 0.25) is 0 Å². The molecule has 1 atom stereocenters. The van der Waals surface area contributed by atoms with Crippen LogP contribution in [0.25, 0.3) is 0 Å². The molecular formula is C12H22N2. The van der Waals surface area contributed by atoms with E-state index in [2.05, 4.69) is 29.8 Å². The van der Waals surface area contributed by atoms with Crippen LogP contribution in [0.3, 0.4) is 0 Å². The second kappa shape index (κ2) is 5.18. The summed E-state index contributed by atoms with van der Waals surface area (Å²) < 4.78 is 2.14. The molecule has 0 fully saturated rings. The minimum absolute atomic E-state index is 0.854. The fourth-order valence-electron chi connectivity index (χ4n) is 2.04. The van der Waals surface area contributed by atoms with Crippen molar-refractivity contribution in [2.24, 2.45) is 5.92 Å². The average Bonchev–Trinajstić information content (AvgIpc) is 2.62. The Morgan fingerprint density at radius 2 is 2.21 bits per heavy atom. The maximum Gasteiger partial charge on any atom is 0.0524 e. The fourth-order valence-corrected chi connectivity index (χ4v) is 2.04. The van der Waals surface area contributed by atoms with Crippen molar-refractivity contribution < 1.29 is 0 Å². The summed E-state index contributed by atoms with van der Waals surface area (Å²) in [7, 11) is 0. The first-order chi connectivity index (χ1) is 6.81. The molecule has 2 heteroatoms. The molecular weight excluding hydrogens is 172 g/mol. The lowest BCUT2D eigenvalue weighted by Crippen LogP contribution is -2.13. The average molecular weight is 194 g/mol. The third-order valence-corrected chi connectivity index (χ3v) is 2.78. The number of aryl methyl sites for hydroxylation is 1. The lowest BCUT2D eigenvalue weighted by molar-refractivity contribution is 0.479. The van der Waals surface area contributed by atoms with Gasteiger partial charge in [-0.1, -0.05) is 20.8 Å². The molecule has 2 nitrogen and oxygen atoms in total. The van der Waals surface area contributed by atoms with Crippen LogP contribution in [0.5, 0.6) is 0 Å². The van der Waals surface area contributed by atoms with Crippen LogP contribution in [0.4, 0.5) is 0 Å². The highest BCUT2D eigenvalue weighted by atomic mass is 15.3. The van der Waals surface area contributed by atoms with Gasteiger partial charge in [0.1, 0.15) is 0 Å². The minimum atomic E-state index is 0.854. The molecule has 0 aromatic carbocycles. The van der Waals surface area contributed by atoms with Gasteiger partial charge in [0.15, 0.2) is 0 Å². The lowest BCUT2D eigenvalue weighted by Gasteiger charge is -2.18. The van der Waals surface area contributed by atoms with Crippen molar-refractivity contribution in [1.82, 2.24) is 9.78 Å². The van der Waals surface area contributed by atoms with E-state index in [0.29, 0.717) is 0 Å². The highest BCUT2D eigenvalue weighted by molar-refractivity contribution is 5.21. The van der Waals surface area contributed by atoms with Crippen LogP contribution >= 0.6 is 0 Å². The van der Waals surface area contributed by atoms with Crippen molar-refractivity contribution in [2.75, 3.05) is 0 Å². The largest absolute Gasteiger partial charge is 0.270 e. The SMILES string of the molecule is CC.CCn1ncc2c1CCC(C)C2. The quantitative estimate of drug-likeness (QED) is 0.672. The van der Waals surface area contributed by atoms with Crippen LogP contribution in [-0.4, -0.2) is 9.78 Å². The van der Waals surface area contributed by atoms with E-state index in [0.717, 1.165) is 12.5 Å². The van der Waals surface area contributed by atoms with Crippen LogP contribution < -0.4 is 0 Å². The molecule has 1 aliphatic rings. The van der Waals surface area contributed by atoms with Gasteiger partial charge < -0.3 is 0 Å². The normalized spacial score (nSPS) is 19.6. The standard InChI is InChI=1S/C10H16N2.C2H6/c1-3-12-10-5-4-8(2)6-9(10)7-11-12;1-2/h7-8H,3-6H2,1-2H3;1-2H3. The summed E-state index contributed by atoms with van der Waals surface area (Å²) in [4.78, 5) is 0. The first-order valence-electron chi connectivity index (χ1n) is 5.84. The molecule has 80 valence electrons. The maximum atomic E-state index is 4.37. The van der Waals surface area contributed by atoms with Crippen molar-refractivity contribution in [3.05, 3.63) is 17.5 Å². The van der Waals surface area contributed by atoms with Crippen molar-refractivity contribution >= 4 is 0 Å². The van der Waals surface area contributed by atoms with E-state index in [1.54, 1.807) is 0 Å². The molecule has 0 bridgehead atoms. The number of hydrogen-bond donors (Lipinski definition) is 0. The van der Waals surface area contributed by atoms with Crippen LogP contribution in [-0.2, 0) is 19.4 Å². The van der Waals surface area contributed by atoms with Crippen molar-refractivity contribution in [1.29, 1.82) is 0 Å². The van der Waals surface area contributed by atoms with E-state index in [9.17, 15) is 0 Å². The van der Waals surface area contributed by atoms with E-state index in [1.165, 1.54) is 30.5 Å². The smallest absolute Gasteiger partial charge is 0.0524 e. The van der Waals surface area contributed by atoms with E-state index in [-0.39, 0.29) is 0 Å².